The van der Waals surface area contributed by atoms with Crippen LogP contribution in [-0.2, 0) is 14.3 Å². The molecule has 6 rings (SSSR count). The second-order valence-corrected chi connectivity index (χ2v) is 12.9. The van der Waals surface area contributed by atoms with Crippen molar-refractivity contribution < 1.29 is 24.2 Å². The molecular weight excluding hydrogens is 596 g/mol. The van der Waals surface area contributed by atoms with Crippen LogP contribution in [-0.4, -0.2) is 67.6 Å². The molecule has 1 aliphatic carbocycles. The highest BCUT2D eigenvalue weighted by Crippen LogP contribution is 2.38. The van der Waals surface area contributed by atoms with E-state index in [1.165, 1.54) is 7.11 Å². The van der Waals surface area contributed by atoms with Crippen LogP contribution in [0.5, 0.6) is 0 Å². The van der Waals surface area contributed by atoms with Crippen molar-refractivity contribution >= 4 is 18.0 Å². The second kappa shape index (κ2) is 13.8. The maximum atomic E-state index is 13.5. The van der Waals surface area contributed by atoms with Gasteiger partial charge in [0.15, 0.2) is 0 Å². The van der Waals surface area contributed by atoms with E-state index in [-0.39, 0.29) is 29.7 Å². The maximum absolute atomic E-state index is 13.5. The minimum Gasteiger partial charge on any atom is -0.481 e. The average Bonchev–Trinajstić information content (AvgIpc) is 3.88. The number of aliphatic carboxylic acids is 1. The van der Waals surface area contributed by atoms with Crippen LogP contribution in [0, 0.1) is 11.8 Å². The van der Waals surface area contributed by atoms with Crippen LogP contribution in [0.15, 0.2) is 60.9 Å². The van der Waals surface area contributed by atoms with Gasteiger partial charge in [0.25, 0.3) is 0 Å². The Morgan fingerprint density at radius 2 is 1.38 bits per heavy atom. The molecule has 2 aromatic heterocycles. The number of benzene rings is 2. The van der Waals surface area contributed by atoms with E-state index in [1.807, 2.05) is 18.7 Å². The summed E-state index contributed by atoms with van der Waals surface area (Å²) in [6, 6.07) is 15.6. The summed E-state index contributed by atoms with van der Waals surface area (Å²) in [6.07, 6.45) is 8.14. The molecule has 2 amide bonds. The first kappa shape index (κ1) is 32.0. The van der Waals surface area contributed by atoms with E-state index in [2.05, 4.69) is 73.8 Å². The van der Waals surface area contributed by atoms with Crippen LogP contribution in [0.4, 0.5) is 4.79 Å². The van der Waals surface area contributed by atoms with E-state index < -0.39 is 18.1 Å². The van der Waals surface area contributed by atoms with Gasteiger partial charge < -0.3 is 30.0 Å². The van der Waals surface area contributed by atoms with Crippen molar-refractivity contribution in [2.75, 3.05) is 13.7 Å². The monoisotopic (exact) mass is 638 g/mol. The third-order valence-electron chi connectivity index (χ3n) is 9.59. The lowest BCUT2D eigenvalue weighted by Gasteiger charge is -2.30. The van der Waals surface area contributed by atoms with E-state index in [0.29, 0.717) is 13.0 Å². The Hall–Kier alpha value is -4.93. The van der Waals surface area contributed by atoms with Gasteiger partial charge in [-0.15, -0.1) is 0 Å². The van der Waals surface area contributed by atoms with Crippen molar-refractivity contribution in [3.63, 3.8) is 0 Å². The number of imidazole rings is 2. The van der Waals surface area contributed by atoms with Crippen LogP contribution in [0.3, 0.4) is 0 Å². The lowest BCUT2D eigenvalue weighted by Crippen LogP contribution is -2.51. The third-order valence-corrected chi connectivity index (χ3v) is 9.59. The minimum absolute atomic E-state index is 0.0779. The molecule has 1 saturated heterocycles. The zero-order valence-corrected chi connectivity index (χ0v) is 27.0. The van der Waals surface area contributed by atoms with Crippen molar-refractivity contribution in [2.24, 2.45) is 11.8 Å². The van der Waals surface area contributed by atoms with Gasteiger partial charge in [0, 0.05) is 12.5 Å². The third kappa shape index (κ3) is 6.79. The van der Waals surface area contributed by atoms with Gasteiger partial charge in [-0.1, -0.05) is 75.2 Å². The Bertz CT molecular complexity index is 1710. The highest BCUT2D eigenvalue weighted by molar-refractivity contribution is 5.86. The highest BCUT2D eigenvalue weighted by atomic mass is 16.5. The molecule has 47 heavy (non-hydrogen) atoms. The number of nitrogens with zero attached hydrogens (tertiary/aromatic N) is 3. The number of carboxylic acid groups (broad SMARTS) is 1. The Labute approximate surface area is 274 Å². The molecule has 0 spiro atoms. The second-order valence-electron chi connectivity index (χ2n) is 12.9. The van der Waals surface area contributed by atoms with Crippen molar-refractivity contribution in [2.45, 2.75) is 70.4 Å². The summed E-state index contributed by atoms with van der Waals surface area (Å²) in [5.41, 5.74) is 5.88. The van der Waals surface area contributed by atoms with Gasteiger partial charge in [-0.05, 0) is 53.9 Å². The van der Waals surface area contributed by atoms with Crippen LogP contribution < -0.4 is 5.32 Å². The number of nitrogens with one attached hydrogen (secondary N) is 3. The van der Waals surface area contributed by atoms with Gasteiger partial charge in [-0.25, -0.2) is 14.8 Å². The summed E-state index contributed by atoms with van der Waals surface area (Å²) in [7, 11) is 1.29. The smallest absolute Gasteiger partial charge is 0.407 e. The largest absolute Gasteiger partial charge is 0.481 e. The van der Waals surface area contributed by atoms with Gasteiger partial charge in [-0.3, -0.25) is 9.59 Å². The zero-order chi connectivity index (χ0) is 33.1. The van der Waals surface area contributed by atoms with E-state index in [1.54, 1.807) is 12.4 Å². The normalized spacial score (nSPS) is 20.3. The molecule has 2 aliphatic rings. The summed E-state index contributed by atoms with van der Waals surface area (Å²) >= 11 is 0. The number of methoxy groups -OCH3 is 1. The quantitative estimate of drug-likeness (QED) is 0.162. The number of ether oxygens (including phenoxy) is 1. The van der Waals surface area contributed by atoms with Crippen LogP contribution in [0.25, 0.3) is 33.6 Å². The number of H-pyrrole nitrogens is 2. The standard InChI is InChI=1S/C36H42N6O5/c1-21(2)31(41-36(46)47-3)34(43)42-18-6-9-30(42)33-38-20-29(40-33)25-16-12-23(13-17-25)22-10-14-24(15-11-22)28-19-37-32(39-28)26-7-4-5-8-27(26)35(44)45/h10-17,19-21,26-27,30-31H,4-9,18H2,1-3H3,(H,37,39)(H,38,40)(H,41,46)(H,44,45)/t26-,27+,30-,31-/m0/s1. The summed E-state index contributed by atoms with van der Waals surface area (Å²) in [6.45, 7) is 4.41. The number of alkyl carbamates (subject to hydrolysis) is 1. The van der Waals surface area contributed by atoms with Gasteiger partial charge in [-0.2, -0.15) is 0 Å². The number of rotatable bonds is 9. The van der Waals surface area contributed by atoms with Crippen molar-refractivity contribution in [3.8, 4) is 33.6 Å². The number of carboxylic acids is 1. The first-order valence-electron chi connectivity index (χ1n) is 16.4. The SMILES string of the molecule is COC(=O)N[C@H](C(=O)N1CCC[C@H]1c1ncc(-c2ccc(-c3ccc(-c4cnc([C@H]5CCCC[C@H]5C(=O)O)[nH]4)cc3)cc2)[nH]1)C(C)C. The Morgan fingerprint density at radius 3 is 1.96 bits per heavy atom. The number of carbonyl (C=O) groups is 3. The van der Waals surface area contributed by atoms with E-state index in [0.717, 1.165) is 77.4 Å². The van der Waals surface area contributed by atoms with Crippen molar-refractivity contribution in [1.82, 2.24) is 30.2 Å². The van der Waals surface area contributed by atoms with Gasteiger partial charge >= 0.3 is 12.1 Å². The molecule has 2 fully saturated rings. The highest BCUT2D eigenvalue weighted by Gasteiger charge is 2.37. The Morgan fingerprint density at radius 1 is 0.830 bits per heavy atom. The molecule has 246 valence electrons. The molecule has 0 bridgehead atoms. The number of amides is 2. The van der Waals surface area contributed by atoms with Gasteiger partial charge in [0.05, 0.1) is 42.9 Å². The predicted octanol–water partition coefficient (Wildman–Crippen LogP) is 6.54. The average molecular weight is 639 g/mol. The predicted molar refractivity (Wildman–Crippen MR) is 177 cm³/mol. The van der Waals surface area contributed by atoms with Crippen LogP contribution in [0.2, 0.25) is 0 Å². The lowest BCUT2D eigenvalue weighted by molar-refractivity contribution is -0.143. The number of hydrogen-bond acceptors (Lipinski definition) is 6. The molecule has 0 unspecified atom stereocenters. The maximum Gasteiger partial charge on any atom is 0.407 e. The van der Waals surface area contributed by atoms with Gasteiger partial charge in [0.1, 0.15) is 17.7 Å². The summed E-state index contributed by atoms with van der Waals surface area (Å²) < 4.78 is 4.74. The van der Waals surface area contributed by atoms with Crippen molar-refractivity contribution in [3.05, 3.63) is 72.6 Å². The number of aromatic nitrogens is 4. The minimum atomic E-state index is -0.741. The fourth-order valence-corrected chi connectivity index (χ4v) is 6.96. The fourth-order valence-electron chi connectivity index (χ4n) is 6.96. The first-order valence-corrected chi connectivity index (χ1v) is 16.4. The molecule has 2 aromatic carbocycles. The molecular formula is C36H42N6O5. The molecule has 11 nitrogen and oxygen atoms in total. The molecule has 1 aliphatic heterocycles. The van der Waals surface area contributed by atoms with Gasteiger partial charge in [0.2, 0.25) is 5.91 Å². The molecule has 1 saturated carbocycles. The molecule has 3 heterocycles. The summed E-state index contributed by atoms with van der Waals surface area (Å²) in [5.74, 6) is 0.0577. The van der Waals surface area contributed by atoms with E-state index in [4.69, 9.17) is 4.74 Å². The van der Waals surface area contributed by atoms with E-state index >= 15 is 0 Å². The summed E-state index contributed by atoms with van der Waals surface area (Å²) in [5, 5.41) is 12.4. The van der Waals surface area contributed by atoms with Crippen LogP contribution in [0.1, 0.15) is 76.0 Å². The molecule has 11 heteroatoms. The summed E-state index contributed by atoms with van der Waals surface area (Å²) in [4.78, 5) is 55.0. The Balaban J connectivity index is 1.12. The fraction of sp³-hybridized carbons (Fsp3) is 0.417. The molecule has 4 atom stereocenters. The molecule has 4 aromatic rings. The lowest BCUT2D eigenvalue weighted by atomic mass is 9.79. The number of hydrogen-bond donors (Lipinski definition) is 4. The first-order chi connectivity index (χ1) is 22.7. The van der Waals surface area contributed by atoms with Crippen LogP contribution >= 0.6 is 0 Å². The number of aromatic amines is 2. The molecule has 4 N–H and O–H groups in total. The van der Waals surface area contributed by atoms with E-state index in [9.17, 15) is 19.5 Å². The molecule has 0 radical (unpaired) electrons. The topological polar surface area (TPSA) is 153 Å². The number of likely N-dealkylation sites (tertiary alicyclic amines) is 1. The zero-order valence-electron chi connectivity index (χ0n) is 27.0. The number of carbonyl (C=O) groups excluding carboxylic acids is 2. The van der Waals surface area contributed by atoms with Crippen molar-refractivity contribution in [1.29, 1.82) is 0 Å². The Kier molecular flexibility index (Phi) is 9.42.